The summed E-state index contributed by atoms with van der Waals surface area (Å²) in [7, 11) is 0. The summed E-state index contributed by atoms with van der Waals surface area (Å²) in [6.07, 6.45) is 10.2. The Balaban J connectivity index is 1.92. The van der Waals surface area contributed by atoms with Crippen LogP contribution in [0.25, 0.3) is 0 Å². The first-order valence-electron chi connectivity index (χ1n) is 7.39. The monoisotopic (exact) mass is 254 g/mol. The van der Waals surface area contributed by atoms with E-state index in [9.17, 15) is 4.79 Å². The predicted molar refractivity (Wildman–Crippen MR) is 71.2 cm³/mol. The maximum Gasteiger partial charge on any atom is 0.237 e. The third-order valence-corrected chi connectivity index (χ3v) is 4.37. The Kier molecular flexibility index (Phi) is 5.01. The van der Waals surface area contributed by atoms with Crippen LogP contribution in [0.1, 0.15) is 57.8 Å². The normalized spacial score (nSPS) is 28.6. The summed E-state index contributed by atoms with van der Waals surface area (Å²) in [5.41, 5.74) is 5.19. The quantitative estimate of drug-likeness (QED) is 0.803. The summed E-state index contributed by atoms with van der Waals surface area (Å²) in [5.74, 6) is -0.178. The average Bonchev–Trinajstić information content (AvgIpc) is 2.80. The second kappa shape index (κ2) is 6.53. The van der Waals surface area contributed by atoms with Crippen molar-refractivity contribution in [3.8, 4) is 0 Å². The zero-order valence-electron chi connectivity index (χ0n) is 11.2. The van der Waals surface area contributed by atoms with E-state index in [1.165, 1.54) is 19.3 Å². The van der Waals surface area contributed by atoms with Crippen molar-refractivity contribution < 1.29 is 9.53 Å². The molecule has 18 heavy (non-hydrogen) atoms. The molecule has 1 heterocycles. The molecule has 1 saturated heterocycles. The fraction of sp³-hybridized carbons (Fsp3) is 0.929. The molecule has 4 heteroatoms. The molecule has 1 amide bonds. The lowest BCUT2D eigenvalue weighted by Gasteiger charge is -2.34. The Labute approximate surface area is 110 Å². The minimum Gasteiger partial charge on any atom is -0.377 e. The number of hydrogen-bond donors (Lipinski definition) is 2. The van der Waals surface area contributed by atoms with E-state index in [4.69, 9.17) is 10.5 Å². The molecule has 2 aliphatic rings. The van der Waals surface area contributed by atoms with Gasteiger partial charge in [0.15, 0.2) is 0 Å². The van der Waals surface area contributed by atoms with Crippen LogP contribution in [0.3, 0.4) is 0 Å². The van der Waals surface area contributed by atoms with Crippen molar-refractivity contribution in [3.63, 3.8) is 0 Å². The fourth-order valence-corrected chi connectivity index (χ4v) is 3.13. The molecule has 1 aliphatic heterocycles. The molecule has 2 rings (SSSR count). The highest BCUT2D eigenvalue weighted by Gasteiger charge is 2.36. The third-order valence-electron chi connectivity index (χ3n) is 4.37. The number of ether oxygens (including phenoxy) is 1. The van der Waals surface area contributed by atoms with E-state index >= 15 is 0 Å². The van der Waals surface area contributed by atoms with Gasteiger partial charge >= 0.3 is 0 Å². The van der Waals surface area contributed by atoms with Crippen LogP contribution in [0, 0.1) is 0 Å². The van der Waals surface area contributed by atoms with Gasteiger partial charge in [0.2, 0.25) is 5.91 Å². The van der Waals surface area contributed by atoms with Gasteiger partial charge in [-0.1, -0.05) is 32.1 Å². The van der Waals surface area contributed by atoms with Gasteiger partial charge in [-0.25, -0.2) is 0 Å². The van der Waals surface area contributed by atoms with Crippen LogP contribution in [-0.4, -0.2) is 30.7 Å². The van der Waals surface area contributed by atoms with Crippen molar-refractivity contribution in [2.24, 2.45) is 5.73 Å². The van der Waals surface area contributed by atoms with E-state index < -0.39 is 5.54 Å². The summed E-state index contributed by atoms with van der Waals surface area (Å²) in [6.45, 7) is 1.62. The van der Waals surface area contributed by atoms with Gasteiger partial charge in [0.1, 0.15) is 0 Å². The van der Waals surface area contributed by atoms with Crippen molar-refractivity contribution in [2.75, 3.05) is 13.2 Å². The minimum atomic E-state index is -0.480. The second-order valence-corrected chi connectivity index (χ2v) is 5.73. The van der Waals surface area contributed by atoms with Gasteiger partial charge in [-0.05, 0) is 25.7 Å². The molecule has 0 aromatic rings. The third kappa shape index (κ3) is 3.45. The van der Waals surface area contributed by atoms with E-state index in [0.717, 1.165) is 51.7 Å². The first-order valence-corrected chi connectivity index (χ1v) is 7.39. The molecular weight excluding hydrogens is 228 g/mol. The van der Waals surface area contributed by atoms with Crippen LogP contribution < -0.4 is 11.1 Å². The number of amides is 1. The standard InChI is InChI=1S/C14H26N2O2/c15-13(17)14(8-4-2-1-3-5-9-14)16-11-12-7-6-10-18-12/h12,16H,1-11H2,(H2,15,17). The van der Waals surface area contributed by atoms with E-state index in [-0.39, 0.29) is 12.0 Å². The van der Waals surface area contributed by atoms with Crippen LogP contribution in [-0.2, 0) is 9.53 Å². The lowest BCUT2D eigenvalue weighted by atomic mass is 9.83. The highest BCUT2D eigenvalue weighted by molar-refractivity contribution is 5.84. The first-order chi connectivity index (χ1) is 8.73. The highest BCUT2D eigenvalue weighted by atomic mass is 16.5. The largest absolute Gasteiger partial charge is 0.377 e. The number of primary amides is 1. The maximum absolute atomic E-state index is 11.9. The molecule has 0 aromatic carbocycles. The van der Waals surface area contributed by atoms with Crippen LogP contribution in [0.2, 0.25) is 0 Å². The summed E-state index contributed by atoms with van der Waals surface area (Å²) < 4.78 is 5.61. The van der Waals surface area contributed by atoms with Crippen molar-refractivity contribution in [2.45, 2.75) is 69.4 Å². The number of nitrogens with two attached hydrogens (primary N) is 1. The lowest BCUT2D eigenvalue weighted by molar-refractivity contribution is -0.125. The summed E-state index contributed by atoms with van der Waals surface area (Å²) in [5, 5.41) is 3.44. The Morgan fingerprint density at radius 1 is 1.17 bits per heavy atom. The molecule has 1 saturated carbocycles. The lowest BCUT2D eigenvalue weighted by Crippen LogP contribution is -2.57. The van der Waals surface area contributed by atoms with Crippen LogP contribution >= 0.6 is 0 Å². The number of carbonyl (C=O) groups excluding carboxylic acids is 1. The van der Waals surface area contributed by atoms with Crippen LogP contribution in [0.4, 0.5) is 0 Å². The maximum atomic E-state index is 11.9. The highest BCUT2D eigenvalue weighted by Crippen LogP contribution is 2.26. The number of nitrogens with one attached hydrogen (secondary N) is 1. The fourth-order valence-electron chi connectivity index (χ4n) is 3.13. The Morgan fingerprint density at radius 2 is 1.83 bits per heavy atom. The SMILES string of the molecule is NC(=O)C1(NCC2CCCO2)CCCCCCC1. The van der Waals surface area contributed by atoms with E-state index in [2.05, 4.69) is 5.32 Å². The molecule has 2 fully saturated rings. The summed E-state index contributed by atoms with van der Waals surface area (Å²) >= 11 is 0. The van der Waals surface area contributed by atoms with E-state index in [0.29, 0.717) is 0 Å². The molecule has 0 bridgehead atoms. The molecule has 1 atom stereocenters. The number of hydrogen-bond acceptors (Lipinski definition) is 3. The Morgan fingerprint density at radius 3 is 2.39 bits per heavy atom. The summed E-state index contributed by atoms with van der Waals surface area (Å²) in [4.78, 5) is 11.9. The molecule has 1 unspecified atom stereocenters. The van der Waals surface area contributed by atoms with Gasteiger partial charge in [-0.15, -0.1) is 0 Å². The van der Waals surface area contributed by atoms with Crippen molar-refractivity contribution in [3.05, 3.63) is 0 Å². The van der Waals surface area contributed by atoms with Gasteiger partial charge in [-0.3, -0.25) is 4.79 Å². The number of carbonyl (C=O) groups is 1. The van der Waals surface area contributed by atoms with Gasteiger partial charge in [-0.2, -0.15) is 0 Å². The molecular formula is C14H26N2O2. The van der Waals surface area contributed by atoms with Crippen molar-refractivity contribution >= 4 is 5.91 Å². The Hall–Kier alpha value is -0.610. The predicted octanol–water partition coefficient (Wildman–Crippen LogP) is 1.72. The van der Waals surface area contributed by atoms with Crippen molar-refractivity contribution in [1.82, 2.24) is 5.32 Å². The zero-order chi connectivity index (χ0) is 12.8. The molecule has 0 aromatic heterocycles. The molecule has 0 spiro atoms. The van der Waals surface area contributed by atoms with Crippen LogP contribution in [0.15, 0.2) is 0 Å². The van der Waals surface area contributed by atoms with Gasteiger partial charge in [0.05, 0.1) is 11.6 Å². The zero-order valence-corrected chi connectivity index (χ0v) is 11.2. The minimum absolute atomic E-state index is 0.178. The summed E-state index contributed by atoms with van der Waals surface area (Å²) in [6, 6.07) is 0. The first kappa shape index (κ1) is 13.8. The average molecular weight is 254 g/mol. The topological polar surface area (TPSA) is 64.4 Å². The molecule has 4 nitrogen and oxygen atoms in total. The van der Waals surface area contributed by atoms with Gasteiger partial charge in [0, 0.05) is 13.2 Å². The van der Waals surface area contributed by atoms with E-state index in [1.54, 1.807) is 0 Å². The van der Waals surface area contributed by atoms with Gasteiger partial charge in [0.25, 0.3) is 0 Å². The molecule has 104 valence electrons. The van der Waals surface area contributed by atoms with Crippen LogP contribution in [0.5, 0.6) is 0 Å². The van der Waals surface area contributed by atoms with Gasteiger partial charge < -0.3 is 15.8 Å². The smallest absolute Gasteiger partial charge is 0.237 e. The molecule has 3 N–H and O–H groups in total. The van der Waals surface area contributed by atoms with E-state index in [1.807, 2.05) is 0 Å². The van der Waals surface area contributed by atoms with Crippen molar-refractivity contribution in [1.29, 1.82) is 0 Å². The molecule has 0 radical (unpaired) electrons. The second-order valence-electron chi connectivity index (χ2n) is 5.73. The Bertz CT molecular complexity index is 267. The molecule has 1 aliphatic carbocycles. The number of rotatable bonds is 4.